The van der Waals surface area contributed by atoms with Gasteiger partial charge in [-0.2, -0.15) is 0 Å². The molecule has 0 spiro atoms. The number of carbonyl (C=O) groups is 1. The predicted octanol–water partition coefficient (Wildman–Crippen LogP) is 2.05. The van der Waals surface area contributed by atoms with Crippen molar-refractivity contribution < 1.29 is 9.90 Å². The molecule has 0 radical (unpaired) electrons. The number of hydrogen-bond donors (Lipinski definition) is 1. The minimum atomic E-state index is -0.981. The van der Waals surface area contributed by atoms with E-state index < -0.39 is 5.97 Å². The maximum atomic E-state index is 10.5. The first-order valence-corrected chi connectivity index (χ1v) is 6.83. The van der Waals surface area contributed by atoms with Gasteiger partial charge < -0.3 is 14.6 Å². The molecule has 2 heterocycles. The third kappa shape index (κ3) is 2.90. The number of nitrogens with zero attached hydrogens (tertiary/aromatic N) is 4. The fraction of sp³-hybridized carbons (Fsp3) is 0.214. The molecular formula is C14H13ClN4O2. The van der Waals surface area contributed by atoms with Gasteiger partial charge in [-0.25, -0.2) is 4.79 Å². The fourth-order valence-electron chi connectivity index (χ4n) is 2.32. The molecule has 0 bridgehead atoms. The van der Waals surface area contributed by atoms with Gasteiger partial charge in [-0.3, -0.25) is 0 Å². The molecule has 6 nitrogen and oxygen atoms in total. The van der Waals surface area contributed by atoms with Crippen molar-refractivity contribution >= 4 is 29.3 Å². The molecule has 0 saturated heterocycles. The lowest BCUT2D eigenvalue weighted by molar-refractivity contribution is -0.131. The molecule has 0 aliphatic carbocycles. The molecule has 7 heteroatoms. The molecule has 1 N–H and O–H groups in total. The van der Waals surface area contributed by atoms with Crippen molar-refractivity contribution in [2.24, 2.45) is 0 Å². The van der Waals surface area contributed by atoms with Crippen molar-refractivity contribution in [3.63, 3.8) is 0 Å². The van der Waals surface area contributed by atoms with E-state index >= 15 is 0 Å². The Labute approximate surface area is 126 Å². The van der Waals surface area contributed by atoms with Crippen LogP contribution in [0.2, 0.25) is 5.02 Å². The summed E-state index contributed by atoms with van der Waals surface area (Å²) in [4.78, 5) is 12.7. The number of aromatic nitrogens is 3. The third-order valence-electron chi connectivity index (χ3n) is 3.37. The van der Waals surface area contributed by atoms with Gasteiger partial charge in [0.15, 0.2) is 5.82 Å². The van der Waals surface area contributed by atoms with Crippen LogP contribution < -0.4 is 4.90 Å². The fourth-order valence-corrected chi connectivity index (χ4v) is 2.63. The van der Waals surface area contributed by atoms with Crippen LogP contribution in [0.15, 0.2) is 30.6 Å². The lowest BCUT2D eigenvalue weighted by atomic mass is 10.1. The number of carboxylic acids is 1. The first-order chi connectivity index (χ1) is 10.1. The van der Waals surface area contributed by atoms with Crippen LogP contribution in [0, 0.1) is 0 Å². The quantitative estimate of drug-likeness (QED) is 0.879. The van der Waals surface area contributed by atoms with Crippen molar-refractivity contribution in [2.45, 2.75) is 13.1 Å². The summed E-state index contributed by atoms with van der Waals surface area (Å²) in [6, 6.07) is 5.51. The third-order valence-corrected chi connectivity index (χ3v) is 3.67. The number of fused-ring (bicyclic) bond motifs is 1. The topological polar surface area (TPSA) is 71.2 Å². The van der Waals surface area contributed by atoms with Crippen LogP contribution in [-0.4, -0.2) is 32.4 Å². The Morgan fingerprint density at radius 3 is 3.00 bits per heavy atom. The summed E-state index contributed by atoms with van der Waals surface area (Å²) in [7, 11) is 0. The summed E-state index contributed by atoms with van der Waals surface area (Å²) < 4.78 is 2.02. The second-order valence-corrected chi connectivity index (χ2v) is 5.15. The molecule has 0 atom stereocenters. The molecule has 108 valence electrons. The monoisotopic (exact) mass is 304 g/mol. The number of aliphatic carboxylic acids is 1. The van der Waals surface area contributed by atoms with Gasteiger partial charge in [0.2, 0.25) is 0 Å². The van der Waals surface area contributed by atoms with Crippen molar-refractivity contribution in [1.29, 1.82) is 0 Å². The number of halogens is 1. The van der Waals surface area contributed by atoms with Gasteiger partial charge in [-0.1, -0.05) is 17.7 Å². The van der Waals surface area contributed by atoms with Crippen LogP contribution in [0.1, 0.15) is 11.4 Å². The number of carboxylic acid groups (broad SMARTS) is 1. The summed E-state index contributed by atoms with van der Waals surface area (Å²) in [5.74, 6) is -0.0715. The SMILES string of the molecule is O=C(O)/C=C/c1ccc(N2CCn3cnnc3C2)c(Cl)c1. The average Bonchev–Trinajstić information content (AvgIpc) is 2.92. The van der Waals surface area contributed by atoms with Gasteiger partial charge in [0.1, 0.15) is 6.33 Å². The minimum Gasteiger partial charge on any atom is -0.478 e. The molecule has 0 unspecified atom stereocenters. The molecular weight excluding hydrogens is 292 g/mol. The Morgan fingerprint density at radius 2 is 2.24 bits per heavy atom. The zero-order valence-corrected chi connectivity index (χ0v) is 11.9. The van der Waals surface area contributed by atoms with Crippen LogP contribution in [0.4, 0.5) is 5.69 Å². The normalized spacial score (nSPS) is 14.4. The summed E-state index contributed by atoms with van der Waals surface area (Å²) in [6.45, 7) is 2.30. The number of hydrogen-bond acceptors (Lipinski definition) is 4. The first kappa shape index (κ1) is 13.6. The summed E-state index contributed by atoms with van der Waals surface area (Å²) >= 11 is 6.31. The van der Waals surface area contributed by atoms with Gasteiger partial charge in [-0.05, 0) is 23.8 Å². The zero-order valence-electron chi connectivity index (χ0n) is 11.1. The van der Waals surface area contributed by atoms with Gasteiger partial charge in [0.25, 0.3) is 0 Å². The van der Waals surface area contributed by atoms with E-state index in [4.69, 9.17) is 16.7 Å². The molecule has 0 saturated carbocycles. The van der Waals surface area contributed by atoms with Crippen LogP contribution >= 0.6 is 11.6 Å². The van der Waals surface area contributed by atoms with Crippen molar-refractivity contribution in [3.8, 4) is 0 Å². The molecule has 2 aromatic rings. The Bertz CT molecular complexity index is 711. The predicted molar refractivity (Wildman–Crippen MR) is 79.2 cm³/mol. The van der Waals surface area contributed by atoms with E-state index in [1.807, 2.05) is 16.7 Å². The minimum absolute atomic E-state index is 0.593. The van der Waals surface area contributed by atoms with Crippen molar-refractivity contribution in [1.82, 2.24) is 14.8 Å². The molecule has 3 rings (SSSR count). The van der Waals surface area contributed by atoms with Gasteiger partial charge in [0, 0.05) is 19.2 Å². The highest BCUT2D eigenvalue weighted by atomic mass is 35.5. The molecule has 1 aromatic carbocycles. The number of anilines is 1. The van der Waals surface area contributed by atoms with Gasteiger partial charge in [-0.15, -0.1) is 10.2 Å². The first-order valence-electron chi connectivity index (χ1n) is 6.45. The highest BCUT2D eigenvalue weighted by molar-refractivity contribution is 6.33. The highest BCUT2D eigenvalue weighted by Gasteiger charge is 2.19. The highest BCUT2D eigenvalue weighted by Crippen LogP contribution is 2.29. The van der Waals surface area contributed by atoms with Crippen LogP contribution in [-0.2, 0) is 17.9 Å². The van der Waals surface area contributed by atoms with Crippen molar-refractivity contribution in [2.75, 3.05) is 11.4 Å². The molecule has 1 aromatic heterocycles. The average molecular weight is 305 g/mol. The van der Waals surface area contributed by atoms with E-state index in [0.29, 0.717) is 11.6 Å². The lowest BCUT2D eigenvalue weighted by Crippen LogP contribution is -2.33. The van der Waals surface area contributed by atoms with Crippen LogP contribution in [0.3, 0.4) is 0 Å². The maximum Gasteiger partial charge on any atom is 0.328 e. The van der Waals surface area contributed by atoms with Gasteiger partial charge >= 0.3 is 5.97 Å². The number of rotatable bonds is 3. The molecule has 0 amide bonds. The second kappa shape index (κ2) is 5.57. The van der Waals surface area contributed by atoms with Crippen molar-refractivity contribution in [3.05, 3.63) is 47.0 Å². The van der Waals surface area contributed by atoms with E-state index in [2.05, 4.69) is 15.1 Å². The number of benzene rings is 1. The Kier molecular flexibility index (Phi) is 3.62. The van der Waals surface area contributed by atoms with E-state index in [-0.39, 0.29) is 0 Å². The van der Waals surface area contributed by atoms with Crippen LogP contribution in [0.5, 0.6) is 0 Å². The summed E-state index contributed by atoms with van der Waals surface area (Å²) in [6.07, 6.45) is 4.34. The van der Waals surface area contributed by atoms with E-state index in [0.717, 1.165) is 36.2 Å². The summed E-state index contributed by atoms with van der Waals surface area (Å²) in [5, 5.41) is 17.2. The molecule has 1 aliphatic rings. The summed E-state index contributed by atoms with van der Waals surface area (Å²) in [5.41, 5.74) is 1.67. The lowest BCUT2D eigenvalue weighted by Gasteiger charge is -2.29. The second-order valence-electron chi connectivity index (χ2n) is 4.74. The zero-order chi connectivity index (χ0) is 14.8. The Balaban J connectivity index is 1.82. The Hall–Kier alpha value is -2.34. The largest absolute Gasteiger partial charge is 0.478 e. The van der Waals surface area contributed by atoms with E-state index in [1.54, 1.807) is 12.4 Å². The molecule has 0 fully saturated rings. The molecule has 1 aliphatic heterocycles. The Morgan fingerprint density at radius 1 is 1.38 bits per heavy atom. The standard InChI is InChI=1S/C14H13ClN4O2/c15-11-7-10(2-4-14(20)21)1-3-12(11)18-5-6-19-9-16-17-13(19)8-18/h1-4,7,9H,5-6,8H2,(H,20,21)/b4-2+. The van der Waals surface area contributed by atoms with Crippen LogP contribution in [0.25, 0.3) is 6.08 Å². The smallest absolute Gasteiger partial charge is 0.328 e. The van der Waals surface area contributed by atoms with Gasteiger partial charge in [0.05, 0.1) is 17.3 Å². The maximum absolute atomic E-state index is 10.5. The molecule has 21 heavy (non-hydrogen) atoms. The van der Waals surface area contributed by atoms with E-state index in [9.17, 15) is 4.79 Å². The van der Waals surface area contributed by atoms with E-state index in [1.165, 1.54) is 6.08 Å².